The molecule has 0 amide bonds. The first kappa shape index (κ1) is 57.4. The lowest BCUT2D eigenvalue weighted by Crippen LogP contribution is -2.30. The van der Waals surface area contributed by atoms with E-state index in [1.165, 1.54) is 180 Å². The molecule has 0 rings (SSSR count). The maximum absolute atomic E-state index is 12.8. The summed E-state index contributed by atoms with van der Waals surface area (Å²) in [5, 5.41) is 0. The van der Waals surface area contributed by atoms with E-state index in [0.29, 0.717) is 19.3 Å². The molecule has 0 bridgehead atoms. The zero-order valence-corrected chi connectivity index (χ0v) is 40.4. The van der Waals surface area contributed by atoms with Crippen molar-refractivity contribution in [1.29, 1.82) is 0 Å². The Bertz CT molecular complexity index is 900. The third-order valence-electron chi connectivity index (χ3n) is 12.0. The molecule has 6 nitrogen and oxygen atoms in total. The van der Waals surface area contributed by atoms with Gasteiger partial charge in [0.1, 0.15) is 13.2 Å². The largest absolute Gasteiger partial charge is 0.462 e. The maximum atomic E-state index is 12.8. The van der Waals surface area contributed by atoms with Gasteiger partial charge in [-0.25, -0.2) is 0 Å². The van der Waals surface area contributed by atoms with Crippen LogP contribution in [0.5, 0.6) is 0 Å². The Morgan fingerprint density at radius 1 is 0.322 bits per heavy atom. The van der Waals surface area contributed by atoms with Crippen LogP contribution in [0.1, 0.15) is 291 Å². The van der Waals surface area contributed by atoms with Crippen LogP contribution < -0.4 is 0 Å². The van der Waals surface area contributed by atoms with Crippen LogP contribution in [0.15, 0.2) is 0 Å². The van der Waals surface area contributed by atoms with Gasteiger partial charge in [-0.05, 0) is 31.1 Å². The minimum Gasteiger partial charge on any atom is -0.462 e. The first-order valence-electron chi connectivity index (χ1n) is 26.2. The maximum Gasteiger partial charge on any atom is 0.306 e. The van der Waals surface area contributed by atoms with E-state index >= 15 is 0 Å². The van der Waals surface area contributed by atoms with Gasteiger partial charge in [0.15, 0.2) is 6.10 Å². The van der Waals surface area contributed by atoms with Crippen LogP contribution in [0.25, 0.3) is 0 Å². The van der Waals surface area contributed by atoms with Crippen molar-refractivity contribution in [3.8, 4) is 0 Å². The summed E-state index contributed by atoms with van der Waals surface area (Å²) in [6.45, 7) is 11.3. The molecular formula is C53H102O6. The number of esters is 3. The minimum absolute atomic E-state index is 0.0642. The van der Waals surface area contributed by atoms with Crippen LogP contribution >= 0.6 is 0 Å². The zero-order valence-electron chi connectivity index (χ0n) is 40.4. The molecule has 350 valence electrons. The Hall–Kier alpha value is -1.59. The summed E-state index contributed by atoms with van der Waals surface area (Å²) in [7, 11) is 0. The number of hydrogen-bond acceptors (Lipinski definition) is 6. The van der Waals surface area contributed by atoms with E-state index in [1.807, 2.05) is 0 Å². The number of ether oxygens (including phenoxy) is 3. The summed E-state index contributed by atoms with van der Waals surface area (Å²) in [4.78, 5) is 37.9. The van der Waals surface area contributed by atoms with E-state index in [1.54, 1.807) is 0 Å². The highest BCUT2D eigenvalue weighted by Crippen LogP contribution is 2.17. The topological polar surface area (TPSA) is 78.9 Å². The van der Waals surface area contributed by atoms with Gasteiger partial charge in [0.05, 0.1) is 0 Å². The molecule has 0 saturated carbocycles. The molecule has 0 aromatic rings. The van der Waals surface area contributed by atoms with Gasteiger partial charge in [-0.2, -0.15) is 0 Å². The predicted octanol–water partition coefficient (Wildman–Crippen LogP) is 16.9. The van der Waals surface area contributed by atoms with E-state index in [0.717, 1.165) is 69.6 Å². The van der Waals surface area contributed by atoms with Crippen molar-refractivity contribution in [2.45, 2.75) is 298 Å². The molecule has 0 N–H and O–H groups in total. The molecule has 0 aromatic carbocycles. The Morgan fingerprint density at radius 2 is 0.559 bits per heavy atom. The highest BCUT2D eigenvalue weighted by Gasteiger charge is 2.19. The van der Waals surface area contributed by atoms with Crippen LogP contribution in [0.2, 0.25) is 0 Å². The molecule has 0 saturated heterocycles. The van der Waals surface area contributed by atoms with E-state index in [9.17, 15) is 14.4 Å². The minimum atomic E-state index is -0.761. The number of carbonyl (C=O) groups is 3. The molecule has 0 heterocycles. The molecule has 0 aliphatic heterocycles. The van der Waals surface area contributed by atoms with E-state index in [4.69, 9.17) is 14.2 Å². The fraction of sp³-hybridized carbons (Fsp3) is 0.943. The first-order chi connectivity index (χ1) is 28.7. The predicted molar refractivity (Wildman–Crippen MR) is 252 cm³/mol. The van der Waals surface area contributed by atoms with Gasteiger partial charge in [-0.1, -0.05) is 253 Å². The van der Waals surface area contributed by atoms with Crippen LogP contribution in [0.3, 0.4) is 0 Å². The molecule has 0 fully saturated rings. The summed E-state index contributed by atoms with van der Waals surface area (Å²) in [5.41, 5.74) is 0. The first-order valence-corrected chi connectivity index (χ1v) is 26.2. The Balaban J connectivity index is 4.22. The zero-order chi connectivity index (χ0) is 43.3. The van der Waals surface area contributed by atoms with Gasteiger partial charge in [0.25, 0.3) is 0 Å². The van der Waals surface area contributed by atoms with Gasteiger partial charge >= 0.3 is 17.9 Å². The lowest BCUT2D eigenvalue weighted by molar-refractivity contribution is -0.167. The van der Waals surface area contributed by atoms with Crippen LogP contribution in [0.4, 0.5) is 0 Å². The van der Waals surface area contributed by atoms with Crippen LogP contribution in [-0.2, 0) is 28.6 Å². The molecule has 0 unspecified atom stereocenters. The molecule has 0 aromatic heterocycles. The molecule has 0 aliphatic rings. The Kier molecular flexibility index (Phi) is 44.7. The van der Waals surface area contributed by atoms with E-state index in [-0.39, 0.29) is 31.1 Å². The molecule has 0 spiro atoms. The molecule has 0 radical (unpaired) electrons. The molecular weight excluding hydrogens is 733 g/mol. The monoisotopic (exact) mass is 835 g/mol. The van der Waals surface area contributed by atoms with Gasteiger partial charge in [0, 0.05) is 19.3 Å². The third kappa shape index (κ3) is 47.3. The third-order valence-corrected chi connectivity index (χ3v) is 12.0. The second kappa shape index (κ2) is 45.9. The average Bonchev–Trinajstić information content (AvgIpc) is 3.20. The number of carbonyl (C=O) groups excluding carboxylic acids is 3. The fourth-order valence-corrected chi connectivity index (χ4v) is 7.99. The van der Waals surface area contributed by atoms with Crippen molar-refractivity contribution >= 4 is 17.9 Å². The van der Waals surface area contributed by atoms with Crippen molar-refractivity contribution in [2.24, 2.45) is 11.8 Å². The lowest BCUT2D eigenvalue weighted by Gasteiger charge is -2.18. The van der Waals surface area contributed by atoms with Crippen molar-refractivity contribution in [2.75, 3.05) is 13.2 Å². The average molecular weight is 835 g/mol. The number of rotatable bonds is 47. The quantitative estimate of drug-likeness (QED) is 0.0345. The van der Waals surface area contributed by atoms with Crippen LogP contribution in [0, 0.1) is 11.8 Å². The highest BCUT2D eigenvalue weighted by atomic mass is 16.6. The summed E-state index contributed by atoms with van der Waals surface area (Å²) >= 11 is 0. The second-order valence-electron chi connectivity index (χ2n) is 19.1. The van der Waals surface area contributed by atoms with Crippen molar-refractivity contribution < 1.29 is 28.6 Å². The van der Waals surface area contributed by atoms with Crippen LogP contribution in [-0.4, -0.2) is 37.2 Å². The SMILES string of the molecule is CCCCCCCCCCCCCCCC(=O)O[C@@H](COC(=O)CCCCCCCCCCCCCCCCCCC(C)C)COC(=O)CCCCCCCCC(C)C. The van der Waals surface area contributed by atoms with Crippen molar-refractivity contribution in [3.05, 3.63) is 0 Å². The molecule has 59 heavy (non-hydrogen) atoms. The molecule has 0 aliphatic carbocycles. The van der Waals surface area contributed by atoms with Crippen molar-refractivity contribution in [3.63, 3.8) is 0 Å². The normalized spacial score (nSPS) is 12.1. The standard InChI is InChI=1S/C53H102O6/c1-6-7-8-9-10-11-12-17-22-25-28-35-40-45-53(56)59-50(47-58-52(55)44-39-34-30-29-32-37-42-49(4)5)46-57-51(54)43-38-33-27-24-21-19-16-14-13-15-18-20-23-26-31-36-41-48(2)3/h48-50H,6-47H2,1-5H3/t50-/m0/s1. The fourth-order valence-electron chi connectivity index (χ4n) is 7.99. The smallest absolute Gasteiger partial charge is 0.306 e. The van der Waals surface area contributed by atoms with Crippen molar-refractivity contribution in [1.82, 2.24) is 0 Å². The summed E-state index contributed by atoms with van der Waals surface area (Å²) in [6, 6.07) is 0. The summed E-state index contributed by atoms with van der Waals surface area (Å²) in [5.74, 6) is 0.764. The van der Waals surface area contributed by atoms with Gasteiger partial charge in [-0.3, -0.25) is 14.4 Å². The van der Waals surface area contributed by atoms with Gasteiger partial charge < -0.3 is 14.2 Å². The molecule has 1 atom stereocenters. The Labute approximate surface area is 368 Å². The lowest BCUT2D eigenvalue weighted by atomic mass is 10.0. The highest BCUT2D eigenvalue weighted by molar-refractivity contribution is 5.71. The number of hydrogen-bond donors (Lipinski definition) is 0. The second-order valence-corrected chi connectivity index (χ2v) is 19.1. The summed E-state index contributed by atoms with van der Waals surface area (Å²) in [6.07, 6.45) is 46.8. The van der Waals surface area contributed by atoms with E-state index < -0.39 is 6.10 Å². The van der Waals surface area contributed by atoms with E-state index in [2.05, 4.69) is 34.6 Å². The molecule has 6 heteroatoms. The van der Waals surface area contributed by atoms with Gasteiger partial charge in [-0.15, -0.1) is 0 Å². The Morgan fingerprint density at radius 3 is 0.831 bits per heavy atom. The van der Waals surface area contributed by atoms with Gasteiger partial charge in [0.2, 0.25) is 0 Å². The summed E-state index contributed by atoms with van der Waals surface area (Å²) < 4.78 is 16.8. The number of unbranched alkanes of at least 4 members (excludes halogenated alkanes) is 32.